The van der Waals surface area contributed by atoms with Crippen molar-refractivity contribution in [3.63, 3.8) is 0 Å². The van der Waals surface area contributed by atoms with Crippen LogP contribution in [0.25, 0.3) is 0 Å². The number of rotatable bonds is 2. The molecule has 0 radical (unpaired) electrons. The third-order valence-corrected chi connectivity index (χ3v) is 3.81. The molecule has 1 N–H and O–H groups in total. The van der Waals surface area contributed by atoms with Crippen molar-refractivity contribution in [2.75, 3.05) is 0 Å². The molecule has 0 amide bonds. The van der Waals surface area contributed by atoms with E-state index in [0.29, 0.717) is 15.7 Å². The summed E-state index contributed by atoms with van der Waals surface area (Å²) in [6, 6.07) is 5.78. The fourth-order valence-electron chi connectivity index (χ4n) is 1.83. The van der Waals surface area contributed by atoms with Crippen molar-refractivity contribution in [3.8, 4) is 0 Å². The van der Waals surface area contributed by atoms with Gasteiger partial charge in [-0.25, -0.2) is 8.78 Å². The zero-order valence-electron chi connectivity index (χ0n) is 10.3. The van der Waals surface area contributed by atoms with Gasteiger partial charge >= 0.3 is 6.18 Å². The molecule has 0 saturated carbocycles. The molecule has 0 bridgehead atoms. The quantitative estimate of drug-likeness (QED) is 0.560. The highest BCUT2D eigenvalue weighted by Crippen LogP contribution is 2.34. The van der Waals surface area contributed by atoms with Crippen molar-refractivity contribution in [1.82, 2.24) is 0 Å². The highest BCUT2D eigenvalue weighted by Gasteiger charge is 2.34. The minimum Gasteiger partial charge on any atom is -0.384 e. The van der Waals surface area contributed by atoms with E-state index in [1.54, 1.807) is 22.6 Å². The van der Waals surface area contributed by atoms with Crippen LogP contribution in [0.4, 0.5) is 22.0 Å². The second-order valence-corrected chi connectivity index (χ2v) is 5.47. The van der Waals surface area contributed by atoms with Gasteiger partial charge in [0.25, 0.3) is 0 Å². The number of hydrogen-bond donors (Lipinski definition) is 1. The molecule has 0 aliphatic heterocycles. The Morgan fingerprint density at radius 1 is 1.00 bits per heavy atom. The SMILES string of the molecule is OC(c1ccc(C(F)(F)F)c(F)c1)c1ccc(F)cc1I. The molecule has 21 heavy (non-hydrogen) atoms. The maximum absolute atomic E-state index is 13.5. The number of hydrogen-bond acceptors (Lipinski definition) is 1. The molecule has 0 aliphatic carbocycles. The molecule has 0 spiro atoms. The van der Waals surface area contributed by atoms with Gasteiger partial charge in [-0.2, -0.15) is 13.2 Å². The van der Waals surface area contributed by atoms with Gasteiger partial charge in [0, 0.05) is 3.57 Å². The Morgan fingerprint density at radius 3 is 2.19 bits per heavy atom. The summed E-state index contributed by atoms with van der Waals surface area (Å²) in [5, 5.41) is 10.1. The molecule has 0 aromatic heterocycles. The van der Waals surface area contributed by atoms with E-state index in [4.69, 9.17) is 0 Å². The van der Waals surface area contributed by atoms with Gasteiger partial charge in [0.2, 0.25) is 0 Å². The third-order valence-electron chi connectivity index (χ3n) is 2.87. The Labute approximate surface area is 130 Å². The van der Waals surface area contributed by atoms with E-state index in [1.165, 1.54) is 12.1 Å². The predicted molar refractivity (Wildman–Crippen MR) is 74.6 cm³/mol. The predicted octanol–water partition coefficient (Wildman–Crippen LogP) is 4.67. The Balaban J connectivity index is 2.40. The summed E-state index contributed by atoms with van der Waals surface area (Å²) < 4.78 is 64.3. The number of alkyl halides is 3. The van der Waals surface area contributed by atoms with Gasteiger partial charge in [-0.3, -0.25) is 0 Å². The summed E-state index contributed by atoms with van der Waals surface area (Å²) in [7, 11) is 0. The van der Waals surface area contributed by atoms with Crippen molar-refractivity contribution < 1.29 is 27.1 Å². The highest BCUT2D eigenvalue weighted by molar-refractivity contribution is 14.1. The maximum Gasteiger partial charge on any atom is 0.419 e. The number of halogens is 6. The van der Waals surface area contributed by atoms with Crippen molar-refractivity contribution in [3.05, 3.63) is 68.3 Å². The molecule has 1 unspecified atom stereocenters. The van der Waals surface area contributed by atoms with E-state index >= 15 is 0 Å². The minimum atomic E-state index is -4.79. The summed E-state index contributed by atoms with van der Waals surface area (Å²) >= 11 is 1.78. The smallest absolute Gasteiger partial charge is 0.384 e. The van der Waals surface area contributed by atoms with Crippen molar-refractivity contribution in [2.45, 2.75) is 12.3 Å². The summed E-state index contributed by atoms with van der Waals surface area (Å²) in [5.74, 6) is -1.97. The van der Waals surface area contributed by atoms with Crippen LogP contribution in [-0.2, 0) is 6.18 Å². The summed E-state index contributed by atoms with van der Waals surface area (Å²) in [4.78, 5) is 0. The van der Waals surface area contributed by atoms with E-state index in [9.17, 15) is 27.1 Å². The van der Waals surface area contributed by atoms with E-state index in [0.717, 1.165) is 12.1 Å². The molecule has 0 fully saturated rings. The van der Waals surface area contributed by atoms with Gasteiger partial charge in [0.15, 0.2) is 0 Å². The average Bonchev–Trinajstić information content (AvgIpc) is 2.36. The fourth-order valence-corrected chi connectivity index (χ4v) is 2.61. The molecule has 0 heterocycles. The third kappa shape index (κ3) is 3.52. The second-order valence-electron chi connectivity index (χ2n) is 4.31. The van der Waals surface area contributed by atoms with Gasteiger partial charge in [-0.1, -0.05) is 12.1 Å². The monoisotopic (exact) mass is 414 g/mol. The number of benzene rings is 2. The first kappa shape index (κ1) is 16.2. The molecule has 112 valence electrons. The molecule has 2 rings (SSSR count). The molecule has 7 heteroatoms. The summed E-state index contributed by atoms with van der Waals surface area (Å²) in [6.45, 7) is 0. The zero-order chi connectivity index (χ0) is 15.8. The molecule has 1 atom stereocenters. The van der Waals surface area contributed by atoms with Crippen LogP contribution < -0.4 is 0 Å². The fraction of sp³-hybridized carbons (Fsp3) is 0.143. The Morgan fingerprint density at radius 2 is 1.67 bits per heavy atom. The molecular formula is C14H8F5IO. The van der Waals surface area contributed by atoms with Gasteiger partial charge in [-0.15, -0.1) is 0 Å². The topological polar surface area (TPSA) is 20.2 Å². The van der Waals surface area contributed by atoms with Crippen molar-refractivity contribution >= 4 is 22.6 Å². The van der Waals surface area contributed by atoms with Gasteiger partial charge in [-0.05, 0) is 58.0 Å². The van der Waals surface area contributed by atoms with Crippen LogP contribution in [0.5, 0.6) is 0 Å². The molecule has 0 saturated heterocycles. The van der Waals surface area contributed by atoms with Gasteiger partial charge in [0.05, 0.1) is 5.56 Å². The Hall–Kier alpha value is -1.22. The molecule has 2 aromatic rings. The van der Waals surface area contributed by atoms with Crippen LogP contribution in [-0.4, -0.2) is 5.11 Å². The lowest BCUT2D eigenvalue weighted by atomic mass is 10.00. The molecule has 0 aliphatic rings. The van der Waals surface area contributed by atoms with E-state index in [2.05, 4.69) is 0 Å². The molecule has 2 aromatic carbocycles. The first-order chi connectivity index (χ1) is 9.70. The summed E-state index contributed by atoms with van der Waals surface area (Å²) in [5.41, 5.74) is -1.14. The Bertz CT molecular complexity index is 669. The van der Waals surface area contributed by atoms with Crippen LogP contribution in [0.1, 0.15) is 22.8 Å². The van der Waals surface area contributed by atoms with E-state index in [-0.39, 0.29) is 11.1 Å². The van der Waals surface area contributed by atoms with Crippen LogP contribution in [0, 0.1) is 15.2 Å². The lowest BCUT2D eigenvalue weighted by molar-refractivity contribution is -0.140. The number of aliphatic hydroxyl groups excluding tert-OH is 1. The largest absolute Gasteiger partial charge is 0.419 e. The standard InChI is InChI=1S/C14H8F5IO/c15-8-2-3-9(12(20)6-8)13(21)7-1-4-10(11(16)5-7)14(17,18)19/h1-6,13,21H. The van der Waals surface area contributed by atoms with Crippen LogP contribution in [0.3, 0.4) is 0 Å². The van der Waals surface area contributed by atoms with E-state index in [1.807, 2.05) is 0 Å². The maximum atomic E-state index is 13.5. The normalized spacial score (nSPS) is 13.3. The van der Waals surface area contributed by atoms with Crippen molar-refractivity contribution in [2.24, 2.45) is 0 Å². The summed E-state index contributed by atoms with van der Waals surface area (Å²) in [6.07, 6.45) is -6.13. The van der Waals surface area contributed by atoms with Crippen LogP contribution >= 0.6 is 22.6 Å². The number of aliphatic hydroxyl groups is 1. The van der Waals surface area contributed by atoms with E-state index < -0.39 is 29.5 Å². The lowest BCUT2D eigenvalue weighted by Gasteiger charge is -2.15. The second kappa shape index (κ2) is 5.88. The first-order valence-corrected chi connectivity index (χ1v) is 6.77. The van der Waals surface area contributed by atoms with Gasteiger partial charge in [0.1, 0.15) is 17.7 Å². The zero-order valence-corrected chi connectivity index (χ0v) is 12.4. The van der Waals surface area contributed by atoms with Crippen molar-refractivity contribution in [1.29, 1.82) is 0 Å². The lowest BCUT2D eigenvalue weighted by Crippen LogP contribution is -2.10. The average molecular weight is 414 g/mol. The van der Waals surface area contributed by atoms with Crippen LogP contribution in [0.2, 0.25) is 0 Å². The highest BCUT2D eigenvalue weighted by atomic mass is 127. The van der Waals surface area contributed by atoms with Crippen LogP contribution in [0.15, 0.2) is 36.4 Å². The first-order valence-electron chi connectivity index (χ1n) is 5.70. The molecular weight excluding hydrogens is 406 g/mol. The molecule has 1 nitrogen and oxygen atoms in total. The van der Waals surface area contributed by atoms with Gasteiger partial charge < -0.3 is 5.11 Å². The Kier molecular flexibility index (Phi) is 4.52. The minimum absolute atomic E-state index is 0.0370.